The third kappa shape index (κ3) is 7.48. The highest BCUT2D eigenvalue weighted by atomic mass is 16.2. The molecular weight excluding hydrogens is 254 g/mol. The van der Waals surface area contributed by atoms with Gasteiger partial charge in [0.25, 0.3) is 0 Å². The lowest BCUT2D eigenvalue weighted by Gasteiger charge is -2.22. The Morgan fingerprint density at radius 2 is 1.80 bits per heavy atom. The number of urea groups is 1. The van der Waals surface area contributed by atoms with Crippen molar-refractivity contribution in [1.29, 1.82) is 0 Å². The van der Waals surface area contributed by atoms with Gasteiger partial charge in [-0.1, -0.05) is 27.7 Å². The average Bonchev–Trinajstić information content (AvgIpc) is 3.15. The number of nitrogens with one attached hydrogen (secondary N) is 2. The fourth-order valence-electron chi connectivity index (χ4n) is 1.95. The van der Waals surface area contributed by atoms with Crippen LogP contribution >= 0.6 is 0 Å². The first-order chi connectivity index (χ1) is 9.38. The van der Waals surface area contributed by atoms with E-state index in [0.29, 0.717) is 31.0 Å². The summed E-state index contributed by atoms with van der Waals surface area (Å²) in [4.78, 5) is 25.6. The average molecular weight is 283 g/mol. The molecule has 1 fully saturated rings. The minimum Gasteiger partial charge on any atom is -0.338 e. The number of carbonyl (C=O) groups is 2. The van der Waals surface area contributed by atoms with Gasteiger partial charge in [0.15, 0.2) is 0 Å². The number of amides is 3. The van der Waals surface area contributed by atoms with E-state index in [-0.39, 0.29) is 11.9 Å². The van der Waals surface area contributed by atoms with E-state index in [4.69, 9.17) is 0 Å². The molecule has 0 unspecified atom stereocenters. The van der Waals surface area contributed by atoms with Crippen molar-refractivity contribution in [2.45, 2.75) is 53.0 Å². The van der Waals surface area contributed by atoms with Crippen LogP contribution in [-0.4, -0.2) is 42.5 Å². The van der Waals surface area contributed by atoms with Crippen molar-refractivity contribution >= 4 is 11.9 Å². The lowest BCUT2D eigenvalue weighted by Crippen LogP contribution is -2.46. The van der Waals surface area contributed by atoms with E-state index in [0.717, 1.165) is 13.0 Å². The van der Waals surface area contributed by atoms with E-state index in [1.54, 1.807) is 0 Å². The highest BCUT2D eigenvalue weighted by Crippen LogP contribution is 2.27. The van der Waals surface area contributed by atoms with Gasteiger partial charge in [0, 0.05) is 12.6 Å². The molecule has 1 saturated carbocycles. The van der Waals surface area contributed by atoms with E-state index in [1.807, 2.05) is 13.8 Å². The Balaban J connectivity index is 2.28. The van der Waals surface area contributed by atoms with Gasteiger partial charge in [0.2, 0.25) is 5.91 Å². The van der Waals surface area contributed by atoms with Crippen molar-refractivity contribution in [3.8, 4) is 0 Å². The summed E-state index contributed by atoms with van der Waals surface area (Å²) >= 11 is 0. The summed E-state index contributed by atoms with van der Waals surface area (Å²) in [6, 6.07) is 0.154. The molecule has 0 spiro atoms. The Morgan fingerprint density at radius 1 is 1.15 bits per heavy atom. The Hall–Kier alpha value is -1.10. The first-order valence-electron chi connectivity index (χ1n) is 7.70. The summed E-state index contributed by atoms with van der Waals surface area (Å²) in [6.07, 6.45) is 3.43. The molecule has 3 amide bonds. The highest BCUT2D eigenvalue weighted by Gasteiger charge is 2.30. The summed E-state index contributed by atoms with van der Waals surface area (Å²) < 4.78 is 0. The number of carbonyl (C=O) groups excluding carboxylic acids is 2. The molecule has 0 atom stereocenters. The standard InChI is InChI=1S/C15H29N3O2/c1-11(2)7-8-18(13-5-6-13)10-14(19)17-15(20)16-9-12(3)4/h11-13H,5-10H2,1-4H3,(H2,16,17,19,20). The third-order valence-electron chi connectivity index (χ3n) is 3.33. The van der Waals surface area contributed by atoms with Gasteiger partial charge in [-0.05, 0) is 37.6 Å². The second kappa shape index (κ2) is 8.25. The van der Waals surface area contributed by atoms with E-state index in [9.17, 15) is 9.59 Å². The molecule has 5 nitrogen and oxygen atoms in total. The maximum Gasteiger partial charge on any atom is 0.321 e. The van der Waals surface area contributed by atoms with Crippen molar-refractivity contribution in [3.63, 3.8) is 0 Å². The van der Waals surface area contributed by atoms with Gasteiger partial charge in [-0.2, -0.15) is 0 Å². The molecule has 0 aromatic heterocycles. The zero-order valence-electron chi connectivity index (χ0n) is 13.2. The molecule has 0 heterocycles. The maximum atomic E-state index is 11.9. The van der Waals surface area contributed by atoms with Crippen molar-refractivity contribution in [2.24, 2.45) is 11.8 Å². The third-order valence-corrected chi connectivity index (χ3v) is 3.33. The van der Waals surface area contributed by atoms with Crippen LogP contribution in [0.5, 0.6) is 0 Å². The second-order valence-electron chi connectivity index (χ2n) is 6.54. The summed E-state index contributed by atoms with van der Waals surface area (Å²) in [6.45, 7) is 10.2. The van der Waals surface area contributed by atoms with Crippen LogP contribution in [-0.2, 0) is 4.79 Å². The SMILES string of the molecule is CC(C)CCN(CC(=O)NC(=O)NCC(C)C)C1CC1. The lowest BCUT2D eigenvalue weighted by atomic mass is 10.1. The van der Waals surface area contributed by atoms with Gasteiger partial charge in [0.1, 0.15) is 0 Å². The number of nitrogens with zero attached hydrogens (tertiary/aromatic N) is 1. The zero-order valence-corrected chi connectivity index (χ0v) is 13.2. The minimum atomic E-state index is -0.386. The maximum absolute atomic E-state index is 11.9. The number of hydrogen-bond donors (Lipinski definition) is 2. The molecule has 20 heavy (non-hydrogen) atoms. The Labute approximate surface area is 122 Å². The predicted octanol–water partition coefficient (Wildman–Crippen LogP) is 1.98. The van der Waals surface area contributed by atoms with Crippen LogP contribution in [0.25, 0.3) is 0 Å². The summed E-state index contributed by atoms with van der Waals surface area (Å²) in [5, 5.41) is 5.10. The molecule has 0 aliphatic heterocycles. The van der Waals surface area contributed by atoms with Crippen molar-refractivity contribution in [3.05, 3.63) is 0 Å². The quantitative estimate of drug-likeness (QED) is 0.716. The van der Waals surface area contributed by atoms with Crippen LogP contribution in [0, 0.1) is 11.8 Å². The zero-order chi connectivity index (χ0) is 15.1. The van der Waals surface area contributed by atoms with Crippen LogP contribution in [0.4, 0.5) is 4.79 Å². The van der Waals surface area contributed by atoms with Crippen LogP contribution in [0.3, 0.4) is 0 Å². The van der Waals surface area contributed by atoms with Gasteiger partial charge >= 0.3 is 6.03 Å². The van der Waals surface area contributed by atoms with E-state index >= 15 is 0 Å². The second-order valence-corrected chi connectivity index (χ2v) is 6.54. The summed E-state index contributed by atoms with van der Waals surface area (Å²) in [5.74, 6) is 0.806. The number of rotatable bonds is 8. The Bertz CT molecular complexity index is 325. The molecule has 0 saturated heterocycles. The summed E-state index contributed by atoms with van der Waals surface area (Å²) in [7, 11) is 0. The fourth-order valence-corrected chi connectivity index (χ4v) is 1.95. The molecule has 0 aromatic rings. The number of imide groups is 1. The molecule has 2 N–H and O–H groups in total. The van der Waals surface area contributed by atoms with Crippen molar-refractivity contribution < 1.29 is 9.59 Å². The Morgan fingerprint density at radius 3 is 2.30 bits per heavy atom. The van der Waals surface area contributed by atoms with E-state index in [1.165, 1.54) is 12.8 Å². The fraction of sp³-hybridized carbons (Fsp3) is 0.867. The highest BCUT2D eigenvalue weighted by molar-refractivity contribution is 5.95. The molecule has 0 radical (unpaired) electrons. The van der Waals surface area contributed by atoms with Gasteiger partial charge < -0.3 is 5.32 Å². The monoisotopic (exact) mass is 283 g/mol. The Kier molecular flexibility index (Phi) is 6.99. The molecule has 116 valence electrons. The van der Waals surface area contributed by atoms with Crippen LogP contribution in [0.1, 0.15) is 47.0 Å². The predicted molar refractivity (Wildman–Crippen MR) is 80.4 cm³/mol. The normalized spacial score (nSPS) is 14.9. The van der Waals surface area contributed by atoms with Crippen molar-refractivity contribution in [1.82, 2.24) is 15.5 Å². The van der Waals surface area contributed by atoms with E-state index in [2.05, 4.69) is 29.4 Å². The molecule has 1 aliphatic carbocycles. The first kappa shape index (κ1) is 17.0. The van der Waals surface area contributed by atoms with Crippen molar-refractivity contribution in [2.75, 3.05) is 19.6 Å². The number of hydrogen-bond acceptors (Lipinski definition) is 3. The van der Waals surface area contributed by atoms with Gasteiger partial charge in [-0.3, -0.25) is 15.0 Å². The topological polar surface area (TPSA) is 61.4 Å². The molecule has 1 aliphatic rings. The lowest BCUT2D eigenvalue weighted by molar-refractivity contribution is -0.121. The smallest absolute Gasteiger partial charge is 0.321 e. The first-order valence-corrected chi connectivity index (χ1v) is 7.70. The molecule has 0 aromatic carbocycles. The molecule has 5 heteroatoms. The summed E-state index contributed by atoms with van der Waals surface area (Å²) in [5.41, 5.74) is 0. The van der Waals surface area contributed by atoms with E-state index < -0.39 is 0 Å². The van der Waals surface area contributed by atoms with Gasteiger partial charge in [-0.25, -0.2) is 4.79 Å². The van der Waals surface area contributed by atoms with Crippen LogP contribution in [0.15, 0.2) is 0 Å². The van der Waals surface area contributed by atoms with Gasteiger partial charge in [0.05, 0.1) is 6.54 Å². The minimum absolute atomic E-state index is 0.207. The largest absolute Gasteiger partial charge is 0.338 e. The molecular formula is C15H29N3O2. The van der Waals surface area contributed by atoms with Crippen LogP contribution in [0.2, 0.25) is 0 Å². The van der Waals surface area contributed by atoms with Crippen LogP contribution < -0.4 is 10.6 Å². The molecule has 0 bridgehead atoms. The van der Waals surface area contributed by atoms with Gasteiger partial charge in [-0.15, -0.1) is 0 Å². The molecule has 1 rings (SSSR count).